The van der Waals surface area contributed by atoms with Crippen LogP contribution in [0.3, 0.4) is 0 Å². The monoisotopic (exact) mass is 363 g/mol. The predicted octanol–water partition coefficient (Wildman–Crippen LogP) is 1.53. The van der Waals surface area contributed by atoms with Gasteiger partial charge in [-0.15, -0.1) is 0 Å². The van der Waals surface area contributed by atoms with Gasteiger partial charge in [0.1, 0.15) is 10.3 Å². The summed E-state index contributed by atoms with van der Waals surface area (Å²) in [6.07, 6.45) is 1.92. The van der Waals surface area contributed by atoms with E-state index in [0.717, 1.165) is 0 Å². The molecule has 0 spiro atoms. The van der Waals surface area contributed by atoms with Gasteiger partial charge in [-0.05, 0) is 31.9 Å². The summed E-state index contributed by atoms with van der Waals surface area (Å²) in [5, 5.41) is 9.09. The van der Waals surface area contributed by atoms with Crippen molar-refractivity contribution in [1.29, 1.82) is 0 Å². The highest BCUT2D eigenvalue weighted by molar-refractivity contribution is 9.11. The lowest BCUT2D eigenvalue weighted by Crippen LogP contribution is -2.26. The summed E-state index contributed by atoms with van der Waals surface area (Å²) in [6.45, 7) is 0.470. The third-order valence-corrected chi connectivity index (χ3v) is 3.94. The molecule has 1 aromatic heterocycles. The summed E-state index contributed by atoms with van der Waals surface area (Å²) >= 11 is 6.58. The van der Waals surface area contributed by atoms with Gasteiger partial charge in [0, 0.05) is 31.7 Å². The Morgan fingerprint density at radius 2 is 2.29 bits per heavy atom. The number of aromatic nitrogens is 1. The zero-order valence-electron chi connectivity index (χ0n) is 8.86. The standard InChI is InChI=1S/C10H11Br2N3O2/c11-6-2-14-10(12)9(8(6)13)15-3-5(4-16)1-7(15)17/h2,5,16H,1,3-4H2,(H2,13,14). The van der Waals surface area contributed by atoms with Gasteiger partial charge in [0.05, 0.1) is 10.2 Å². The van der Waals surface area contributed by atoms with Crippen LogP contribution in [0.4, 0.5) is 11.4 Å². The molecule has 0 aliphatic carbocycles. The Morgan fingerprint density at radius 3 is 2.88 bits per heavy atom. The second-order valence-electron chi connectivity index (χ2n) is 3.92. The number of hydrogen-bond donors (Lipinski definition) is 2. The maximum atomic E-state index is 11.9. The second kappa shape index (κ2) is 4.91. The molecule has 1 atom stereocenters. The van der Waals surface area contributed by atoms with Crippen molar-refractivity contribution in [2.75, 3.05) is 23.8 Å². The highest BCUT2D eigenvalue weighted by Crippen LogP contribution is 2.38. The van der Waals surface area contributed by atoms with Crippen LogP contribution in [0, 0.1) is 5.92 Å². The van der Waals surface area contributed by atoms with Crippen LogP contribution in [0.15, 0.2) is 15.3 Å². The number of nitrogens with zero attached hydrogens (tertiary/aromatic N) is 2. The van der Waals surface area contributed by atoms with Gasteiger partial charge in [0.2, 0.25) is 5.91 Å². The number of aliphatic hydroxyl groups excluding tert-OH is 1. The SMILES string of the molecule is Nc1c(Br)cnc(Br)c1N1CC(CO)CC1=O. The number of rotatable bonds is 2. The topological polar surface area (TPSA) is 79.4 Å². The van der Waals surface area contributed by atoms with Gasteiger partial charge in [-0.3, -0.25) is 4.79 Å². The first-order valence-electron chi connectivity index (χ1n) is 5.05. The molecular formula is C10H11Br2N3O2. The first kappa shape index (κ1) is 12.8. The van der Waals surface area contributed by atoms with Gasteiger partial charge < -0.3 is 15.7 Å². The van der Waals surface area contributed by atoms with Gasteiger partial charge >= 0.3 is 0 Å². The molecule has 1 saturated heterocycles. The molecule has 1 aromatic rings. The normalized spacial score (nSPS) is 20.1. The third kappa shape index (κ3) is 2.31. The van der Waals surface area contributed by atoms with Crippen LogP contribution in [0.2, 0.25) is 0 Å². The van der Waals surface area contributed by atoms with Gasteiger partial charge in [0.15, 0.2) is 0 Å². The molecule has 5 nitrogen and oxygen atoms in total. The van der Waals surface area contributed by atoms with Crippen LogP contribution in [-0.2, 0) is 4.79 Å². The minimum Gasteiger partial charge on any atom is -0.396 e. The van der Waals surface area contributed by atoms with Crippen molar-refractivity contribution in [1.82, 2.24) is 4.98 Å². The molecule has 1 aliphatic rings. The molecule has 2 rings (SSSR count). The summed E-state index contributed by atoms with van der Waals surface area (Å²) in [7, 11) is 0. The summed E-state index contributed by atoms with van der Waals surface area (Å²) in [4.78, 5) is 17.5. The van der Waals surface area contributed by atoms with E-state index in [0.29, 0.717) is 33.4 Å². The molecule has 0 bridgehead atoms. The van der Waals surface area contributed by atoms with E-state index in [1.165, 1.54) is 0 Å². The fourth-order valence-corrected chi connectivity index (χ4v) is 2.67. The number of carbonyl (C=O) groups excluding carboxylic acids is 1. The summed E-state index contributed by atoms with van der Waals surface area (Å²) in [5.41, 5.74) is 6.98. The predicted molar refractivity (Wildman–Crippen MR) is 71.6 cm³/mol. The van der Waals surface area contributed by atoms with Crippen LogP contribution < -0.4 is 10.6 Å². The van der Waals surface area contributed by atoms with E-state index < -0.39 is 0 Å². The van der Waals surface area contributed by atoms with Crippen LogP contribution >= 0.6 is 31.9 Å². The van der Waals surface area contributed by atoms with Crippen LogP contribution in [0.5, 0.6) is 0 Å². The van der Waals surface area contributed by atoms with Gasteiger partial charge in [0.25, 0.3) is 0 Å². The Morgan fingerprint density at radius 1 is 1.59 bits per heavy atom. The zero-order valence-corrected chi connectivity index (χ0v) is 12.0. The van der Waals surface area contributed by atoms with Crippen LogP contribution in [0.25, 0.3) is 0 Å². The van der Waals surface area contributed by atoms with Crippen molar-refractivity contribution in [3.05, 3.63) is 15.3 Å². The van der Waals surface area contributed by atoms with Crippen LogP contribution in [-0.4, -0.2) is 29.1 Å². The first-order chi connectivity index (χ1) is 8.04. The highest BCUT2D eigenvalue weighted by atomic mass is 79.9. The lowest BCUT2D eigenvalue weighted by molar-refractivity contribution is -0.117. The molecule has 1 unspecified atom stereocenters. The molecule has 92 valence electrons. The van der Waals surface area contributed by atoms with E-state index >= 15 is 0 Å². The van der Waals surface area contributed by atoms with E-state index in [-0.39, 0.29) is 18.4 Å². The number of pyridine rings is 1. The summed E-state index contributed by atoms with van der Waals surface area (Å²) in [5.74, 6) is -0.0795. The maximum Gasteiger partial charge on any atom is 0.227 e. The Kier molecular flexibility index (Phi) is 3.70. The highest BCUT2D eigenvalue weighted by Gasteiger charge is 2.33. The molecule has 1 fully saturated rings. The van der Waals surface area contributed by atoms with E-state index in [2.05, 4.69) is 36.8 Å². The summed E-state index contributed by atoms with van der Waals surface area (Å²) in [6, 6.07) is 0. The fourth-order valence-electron chi connectivity index (χ4n) is 1.85. The second-order valence-corrected chi connectivity index (χ2v) is 5.52. The molecule has 1 aliphatic heterocycles. The Hall–Kier alpha value is -0.660. The molecule has 7 heteroatoms. The lowest BCUT2D eigenvalue weighted by atomic mass is 10.1. The average Bonchev–Trinajstić information content (AvgIpc) is 2.66. The number of amides is 1. The number of halogens is 2. The minimum absolute atomic E-state index is 0.00119. The summed E-state index contributed by atoms with van der Waals surface area (Å²) < 4.78 is 1.18. The minimum atomic E-state index is -0.0450. The number of nitrogens with two attached hydrogens (primary N) is 1. The van der Waals surface area contributed by atoms with Gasteiger partial charge in [-0.25, -0.2) is 4.98 Å². The number of aliphatic hydroxyl groups is 1. The molecule has 0 aromatic carbocycles. The van der Waals surface area contributed by atoms with E-state index in [1.54, 1.807) is 11.1 Å². The van der Waals surface area contributed by atoms with Crippen molar-refractivity contribution in [3.63, 3.8) is 0 Å². The Balaban J connectivity index is 2.41. The number of hydrogen-bond acceptors (Lipinski definition) is 4. The van der Waals surface area contributed by atoms with Crippen molar-refractivity contribution < 1.29 is 9.90 Å². The smallest absolute Gasteiger partial charge is 0.227 e. The van der Waals surface area contributed by atoms with Gasteiger partial charge in [-0.2, -0.15) is 0 Å². The largest absolute Gasteiger partial charge is 0.396 e. The lowest BCUT2D eigenvalue weighted by Gasteiger charge is -2.20. The molecule has 17 heavy (non-hydrogen) atoms. The molecular weight excluding hydrogens is 354 g/mol. The molecule has 1 amide bonds. The van der Waals surface area contributed by atoms with Crippen molar-refractivity contribution in [2.24, 2.45) is 5.92 Å². The Labute approximate surface area is 115 Å². The number of anilines is 2. The molecule has 2 heterocycles. The number of carbonyl (C=O) groups is 1. The quantitative estimate of drug-likeness (QED) is 0.780. The number of nitrogen functional groups attached to an aromatic ring is 1. The Bertz CT molecular complexity index is 467. The average molecular weight is 365 g/mol. The molecule has 0 saturated carbocycles. The fraction of sp³-hybridized carbons (Fsp3) is 0.400. The van der Waals surface area contributed by atoms with E-state index in [9.17, 15) is 4.79 Å². The molecule has 3 N–H and O–H groups in total. The van der Waals surface area contributed by atoms with Crippen molar-refractivity contribution in [3.8, 4) is 0 Å². The third-order valence-electron chi connectivity index (χ3n) is 2.73. The maximum absolute atomic E-state index is 11.9. The van der Waals surface area contributed by atoms with Crippen molar-refractivity contribution in [2.45, 2.75) is 6.42 Å². The zero-order chi connectivity index (χ0) is 12.6. The molecule has 0 radical (unpaired) electrons. The van der Waals surface area contributed by atoms with Gasteiger partial charge in [-0.1, -0.05) is 0 Å². The van der Waals surface area contributed by atoms with E-state index in [4.69, 9.17) is 10.8 Å². The van der Waals surface area contributed by atoms with E-state index in [1.807, 2.05) is 0 Å². The first-order valence-corrected chi connectivity index (χ1v) is 6.64. The van der Waals surface area contributed by atoms with Crippen molar-refractivity contribution >= 4 is 49.1 Å². The van der Waals surface area contributed by atoms with Crippen LogP contribution in [0.1, 0.15) is 6.42 Å².